The number of rotatable bonds is 5. The zero-order valence-corrected chi connectivity index (χ0v) is 10.7. The normalized spacial score (nSPS) is 9.75. The predicted molar refractivity (Wildman–Crippen MR) is 76.2 cm³/mol. The van der Waals surface area contributed by atoms with Gasteiger partial charge in [0.1, 0.15) is 0 Å². The van der Waals surface area contributed by atoms with Gasteiger partial charge in [-0.1, -0.05) is 30.3 Å². The maximum absolute atomic E-state index is 10.9. The molecule has 2 rings (SSSR count). The molecule has 0 amide bonds. The summed E-state index contributed by atoms with van der Waals surface area (Å²) in [6, 6.07) is 16.2. The summed E-state index contributed by atoms with van der Waals surface area (Å²) in [6.07, 6.45) is 0.379. The number of nitriles is 1. The lowest BCUT2D eigenvalue weighted by Gasteiger charge is -2.07. The minimum absolute atomic E-state index is 0.112. The van der Waals surface area contributed by atoms with Crippen LogP contribution in [0.1, 0.15) is 11.1 Å². The molecule has 5 heteroatoms. The zero-order chi connectivity index (χ0) is 14.4. The highest BCUT2D eigenvalue weighted by Crippen LogP contribution is 2.19. The van der Waals surface area contributed by atoms with Crippen molar-refractivity contribution in [2.45, 2.75) is 13.0 Å². The highest BCUT2D eigenvalue weighted by Gasteiger charge is 2.11. The minimum Gasteiger partial charge on any atom is -0.381 e. The molecule has 5 nitrogen and oxygen atoms in total. The maximum atomic E-state index is 10.9. The Bertz CT molecular complexity index is 645. The van der Waals surface area contributed by atoms with Crippen LogP contribution in [0.15, 0.2) is 48.5 Å². The lowest BCUT2D eigenvalue weighted by molar-refractivity contribution is -0.385. The summed E-state index contributed by atoms with van der Waals surface area (Å²) >= 11 is 0. The smallest absolute Gasteiger partial charge is 0.274 e. The first kappa shape index (κ1) is 13.6. The Labute approximate surface area is 116 Å². The van der Waals surface area contributed by atoms with Gasteiger partial charge in [-0.3, -0.25) is 10.1 Å². The van der Waals surface area contributed by atoms with Crippen LogP contribution in [0.2, 0.25) is 0 Å². The van der Waals surface area contributed by atoms with Crippen molar-refractivity contribution in [2.24, 2.45) is 0 Å². The molecule has 0 fully saturated rings. The molecule has 0 aliphatic heterocycles. The number of nitro groups is 1. The third-order valence-corrected chi connectivity index (χ3v) is 2.91. The molecule has 2 aromatic rings. The second kappa shape index (κ2) is 6.34. The molecule has 0 radical (unpaired) electrons. The van der Waals surface area contributed by atoms with Gasteiger partial charge < -0.3 is 5.32 Å². The van der Waals surface area contributed by atoms with Gasteiger partial charge in [0.05, 0.1) is 17.4 Å². The lowest BCUT2D eigenvalue weighted by Crippen LogP contribution is -2.02. The molecule has 1 N–H and O–H groups in total. The Morgan fingerprint density at radius 2 is 1.85 bits per heavy atom. The third kappa shape index (κ3) is 3.33. The zero-order valence-electron chi connectivity index (χ0n) is 10.7. The van der Waals surface area contributed by atoms with E-state index in [-0.39, 0.29) is 10.6 Å². The van der Waals surface area contributed by atoms with Gasteiger partial charge in [-0.05, 0) is 17.7 Å². The van der Waals surface area contributed by atoms with E-state index in [0.29, 0.717) is 18.5 Å². The number of hydrogen-bond acceptors (Lipinski definition) is 4. The van der Waals surface area contributed by atoms with E-state index in [1.54, 1.807) is 18.2 Å². The fraction of sp³-hybridized carbons (Fsp3) is 0.133. The molecular formula is C15H13N3O2. The summed E-state index contributed by atoms with van der Waals surface area (Å²) in [6.45, 7) is 0.384. The molecule has 2 aromatic carbocycles. The molecular weight excluding hydrogens is 254 g/mol. The van der Waals surface area contributed by atoms with Gasteiger partial charge in [0.25, 0.3) is 5.69 Å². The summed E-state index contributed by atoms with van der Waals surface area (Å²) in [5.74, 6) is 0. The summed E-state index contributed by atoms with van der Waals surface area (Å²) in [7, 11) is 0. The van der Waals surface area contributed by atoms with Gasteiger partial charge in [0.15, 0.2) is 0 Å². The van der Waals surface area contributed by atoms with E-state index in [2.05, 4.69) is 11.4 Å². The van der Waals surface area contributed by atoms with Crippen molar-refractivity contribution in [3.05, 3.63) is 69.8 Å². The highest BCUT2D eigenvalue weighted by molar-refractivity contribution is 5.48. The number of anilines is 1. The van der Waals surface area contributed by atoms with E-state index >= 15 is 0 Å². The van der Waals surface area contributed by atoms with E-state index in [0.717, 1.165) is 11.3 Å². The van der Waals surface area contributed by atoms with E-state index in [1.807, 2.05) is 24.3 Å². The quantitative estimate of drug-likeness (QED) is 0.666. The van der Waals surface area contributed by atoms with Crippen LogP contribution in [0, 0.1) is 21.4 Å². The number of nitrogens with one attached hydrogen (secondary N) is 1. The second-order valence-corrected chi connectivity index (χ2v) is 4.27. The molecule has 0 bridgehead atoms. The SMILES string of the molecule is N#CCc1ccc(NCc2ccccc2[N+](=O)[O-])cc1. The molecule has 0 atom stereocenters. The molecule has 20 heavy (non-hydrogen) atoms. The lowest BCUT2D eigenvalue weighted by atomic mass is 10.1. The van der Waals surface area contributed by atoms with Crippen molar-refractivity contribution in [3.63, 3.8) is 0 Å². The Kier molecular flexibility index (Phi) is 4.30. The van der Waals surface area contributed by atoms with Crippen LogP contribution >= 0.6 is 0 Å². The Balaban J connectivity index is 2.05. The topological polar surface area (TPSA) is 79.0 Å². The molecule has 0 aliphatic rings. The fourth-order valence-corrected chi connectivity index (χ4v) is 1.87. The van der Waals surface area contributed by atoms with Crippen LogP contribution in [0.4, 0.5) is 11.4 Å². The molecule has 0 saturated heterocycles. The summed E-state index contributed by atoms with van der Waals surface area (Å²) in [4.78, 5) is 10.5. The number of benzene rings is 2. The summed E-state index contributed by atoms with van der Waals surface area (Å²) in [5, 5.41) is 22.6. The van der Waals surface area contributed by atoms with E-state index < -0.39 is 0 Å². The van der Waals surface area contributed by atoms with Crippen LogP contribution < -0.4 is 5.32 Å². The standard InChI is InChI=1S/C15H13N3O2/c16-10-9-12-5-7-14(8-6-12)17-11-13-3-1-2-4-15(13)18(19)20/h1-8,17H,9,11H2. The van der Waals surface area contributed by atoms with Crippen molar-refractivity contribution >= 4 is 11.4 Å². The fourth-order valence-electron chi connectivity index (χ4n) is 1.87. The molecule has 0 aliphatic carbocycles. The molecule has 0 heterocycles. The second-order valence-electron chi connectivity index (χ2n) is 4.27. The highest BCUT2D eigenvalue weighted by atomic mass is 16.6. The summed E-state index contributed by atoms with van der Waals surface area (Å²) < 4.78 is 0. The third-order valence-electron chi connectivity index (χ3n) is 2.91. The number of nitrogens with zero attached hydrogens (tertiary/aromatic N) is 2. The van der Waals surface area contributed by atoms with Gasteiger partial charge in [-0.2, -0.15) is 5.26 Å². The molecule has 0 unspecified atom stereocenters. The largest absolute Gasteiger partial charge is 0.381 e. The van der Waals surface area contributed by atoms with Gasteiger partial charge in [-0.25, -0.2) is 0 Å². The molecule has 0 saturated carbocycles. The summed E-state index contributed by atoms with van der Waals surface area (Å²) in [5.41, 5.74) is 2.56. The first-order chi connectivity index (χ1) is 9.70. The van der Waals surface area contributed by atoms with Gasteiger partial charge in [-0.15, -0.1) is 0 Å². The Morgan fingerprint density at radius 3 is 2.50 bits per heavy atom. The average Bonchev–Trinajstić information content (AvgIpc) is 2.47. The van der Waals surface area contributed by atoms with Crippen LogP contribution in [0.5, 0.6) is 0 Å². The Morgan fingerprint density at radius 1 is 1.15 bits per heavy atom. The van der Waals surface area contributed by atoms with Gasteiger partial charge >= 0.3 is 0 Å². The number of nitro benzene ring substituents is 1. The van der Waals surface area contributed by atoms with Crippen LogP contribution in [0.3, 0.4) is 0 Å². The van der Waals surface area contributed by atoms with Crippen molar-refractivity contribution in [3.8, 4) is 6.07 Å². The van der Waals surface area contributed by atoms with Gasteiger partial charge in [0, 0.05) is 23.9 Å². The number of para-hydroxylation sites is 1. The minimum atomic E-state index is -0.382. The van der Waals surface area contributed by atoms with E-state index in [9.17, 15) is 10.1 Å². The first-order valence-electron chi connectivity index (χ1n) is 6.13. The van der Waals surface area contributed by atoms with Crippen molar-refractivity contribution < 1.29 is 4.92 Å². The predicted octanol–water partition coefficient (Wildman–Crippen LogP) is 3.27. The van der Waals surface area contributed by atoms with Crippen molar-refractivity contribution in [1.82, 2.24) is 0 Å². The van der Waals surface area contributed by atoms with Crippen LogP contribution in [-0.2, 0) is 13.0 Å². The van der Waals surface area contributed by atoms with Crippen LogP contribution in [-0.4, -0.2) is 4.92 Å². The molecule has 100 valence electrons. The average molecular weight is 267 g/mol. The Hall–Kier alpha value is -2.87. The molecule has 0 spiro atoms. The van der Waals surface area contributed by atoms with Crippen molar-refractivity contribution in [2.75, 3.05) is 5.32 Å². The molecule has 0 aromatic heterocycles. The van der Waals surface area contributed by atoms with Crippen molar-refractivity contribution in [1.29, 1.82) is 5.26 Å². The maximum Gasteiger partial charge on any atom is 0.274 e. The number of hydrogen-bond donors (Lipinski definition) is 1. The van der Waals surface area contributed by atoms with Crippen LogP contribution in [0.25, 0.3) is 0 Å². The van der Waals surface area contributed by atoms with Gasteiger partial charge in [0.2, 0.25) is 0 Å². The van der Waals surface area contributed by atoms with E-state index in [1.165, 1.54) is 6.07 Å². The monoisotopic (exact) mass is 267 g/mol. The van der Waals surface area contributed by atoms with E-state index in [4.69, 9.17) is 5.26 Å². The first-order valence-corrected chi connectivity index (χ1v) is 6.13.